The Morgan fingerprint density at radius 2 is 1.85 bits per heavy atom. The third kappa shape index (κ3) is 6.08. The van der Waals surface area contributed by atoms with E-state index in [1.54, 1.807) is 4.57 Å². The van der Waals surface area contributed by atoms with Gasteiger partial charge in [0, 0.05) is 49.0 Å². The summed E-state index contributed by atoms with van der Waals surface area (Å²) in [5.41, 5.74) is 0.153. The van der Waals surface area contributed by atoms with Gasteiger partial charge in [-0.1, -0.05) is 17.7 Å². The molecule has 2 aromatic carbocycles. The maximum absolute atomic E-state index is 15.7. The van der Waals surface area contributed by atoms with Crippen LogP contribution in [0.25, 0.3) is 10.9 Å². The van der Waals surface area contributed by atoms with Crippen LogP contribution in [0.2, 0.25) is 5.02 Å². The van der Waals surface area contributed by atoms with Crippen LogP contribution in [0.3, 0.4) is 0 Å². The highest BCUT2D eigenvalue weighted by Crippen LogP contribution is 2.44. The molecule has 2 N–H and O–H groups in total. The number of carbonyl (C=O) groups is 1. The third-order valence-corrected chi connectivity index (χ3v) is 7.51. The van der Waals surface area contributed by atoms with Gasteiger partial charge in [0.2, 0.25) is 5.43 Å². The van der Waals surface area contributed by atoms with Crippen molar-refractivity contribution in [3.8, 4) is 11.5 Å². The van der Waals surface area contributed by atoms with Crippen molar-refractivity contribution in [3.63, 3.8) is 0 Å². The zero-order valence-corrected chi connectivity index (χ0v) is 23.3. The molecular formula is C28H29ClF4N4O4. The summed E-state index contributed by atoms with van der Waals surface area (Å²) in [6, 6.07) is 4.73. The number of nitrogens with one attached hydrogen (secondary N) is 2. The van der Waals surface area contributed by atoms with E-state index in [9.17, 15) is 22.8 Å². The summed E-state index contributed by atoms with van der Waals surface area (Å²) in [6.45, 7) is 4.95. The molecular weight excluding hydrogens is 568 g/mol. The van der Waals surface area contributed by atoms with Gasteiger partial charge in [-0.25, -0.2) is 4.39 Å². The van der Waals surface area contributed by atoms with E-state index in [0.29, 0.717) is 24.2 Å². The molecule has 0 radical (unpaired) electrons. The Labute approximate surface area is 238 Å². The first-order chi connectivity index (χ1) is 19.4. The summed E-state index contributed by atoms with van der Waals surface area (Å²) in [7, 11) is 1.43. The monoisotopic (exact) mass is 596 g/mol. The topological polar surface area (TPSA) is 84.8 Å². The number of benzene rings is 2. The van der Waals surface area contributed by atoms with Crippen molar-refractivity contribution in [2.75, 3.05) is 25.1 Å². The summed E-state index contributed by atoms with van der Waals surface area (Å²) >= 11 is 6.09. The van der Waals surface area contributed by atoms with Crippen LogP contribution in [0, 0.1) is 5.82 Å². The van der Waals surface area contributed by atoms with Gasteiger partial charge in [-0.15, -0.1) is 13.2 Å². The van der Waals surface area contributed by atoms with Gasteiger partial charge >= 0.3 is 6.36 Å². The summed E-state index contributed by atoms with van der Waals surface area (Å²) < 4.78 is 64.6. The number of aromatic nitrogens is 1. The lowest BCUT2D eigenvalue weighted by molar-refractivity contribution is -0.274. The van der Waals surface area contributed by atoms with Crippen LogP contribution in [0.5, 0.6) is 11.5 Å². The lowest BCUT2D eigenvalue weighted by Crippen LogP contribution is -2.54. The van der Waals surface area contributed by atoms with Crippen LogP contribution in [-0.2, 0) is 6.54 Å². The zero-order valence-electron chi connectivity index (χ0n) is 22.6. The fraction of sp³-hybridized carbons (Fsp3) is 0.429. The number of nitrogens with zero attached hydrogens (tertiary/aromatic N) is 2. The maximum atomic E-state index is 15.7. The average molecular weight is 597 g/mol. The van der Waals surface area contributed by atoms with Crippen molar-refractivity contribution < 1.29 is 31.8 Å². The number of halogens is 5. The summed E-state index contributed by atoms with van der Waals surface area (Å²) in [4.78, 5) is 28.7. The molecule has 13 heteroatoms. The first-order valence-electron chi connectivity index (χ1n) is 13.1. The van der Waals surface area contributed by atoms with E-state index in [1.165, 1.54) is 25.4 Å². The van der Waals surface area contributed by atoms with Crippen LogP contribution in [-0.4, -0.2) is 49.1 Å². The van der Waals surface area contributed by atoms with Crippen molar-refractivity contribution in [3.05, 3.63) is 62.7 Å². The molecule has 2 aliphatic rings. The number of anilines is 1. The van der Waals surface area contributed by atoms with Crippen molar-refractivity contribution in [2.24, 2.45) is 0 Å². The van der Waals surface area contributed by atoms with E-state index >= 15 is 4.39 Å². The Morgan fingerprint density at radius 1 is 1.17 bits per heavy atom. The molecule has 41 heavy (non-hydrogen) atoms. The SMILES string of the molecule is COc1c(N2C[C@@H](C)N[C@@H](C)C2)c(F)cc2c(=O)c(C(=O)NCc3ccc(OC(F)(F)F)cc3Cl)cn(C3CC3)c12. The van der Waals surface area contributed by atoms with Gasteiger partial charge in [0.25, 0.3) is 5.91 Å². The van der Waals surface area contributed by atoms with Gasteiger partial charge in [-0.05, 0) is 50.5 Å². The molecule has 2 atom stereocenters. The largest absolute Gasteiger partial charge is 0.573 e. The summed E-state index contributed by atoms with van der Waals surface area (Å²) in [6.07, 6.45) is -1.77. The predicted octanol–water partition coefficient (Wildman–Crippen LogP) is 5.15. The minimum Gasteiger partial charge on any atom is -0.492 e. The number of hydrogen-bond acceptors (Lipinski definition) is 6. The molecule has 1 aliphatic heterocycles. The summed E-state index contributed by atoms with van der Waals surface area (Å²) in [5, 5.41) is 5.97. The minimum atomic E-state index is -4.87. The van der Waals surface area contributed by atoms with E-state index in [2.05, 4.69) is 15.4 Å². The molecule has 2 fully saturated rings. The molecule has 1 saturated carbocycles. The van der Waals surface area contributed by atoms with Gasteiger partial charge < -0.3 is 29.6 Å². The van der Waals surface area contributed by atoms with Crippen LogP contribution < -0.4 is 30.4 Å². The number of piperazine rings is 1. The third-order valence-electron chi connectivity index (χ3n) is 7.16. The van der Waals surface area contributed by atoms with Gasteiger partial charge in [0.05, 0.1) is 18.0 Å². The van der Waals surface area contributed by atoms with Crippen LogP contribution in [0.4, 0.5) is 23.2 Å². The number of methoxy groups -OCH3 is 1. The number of hydrogen-bond donors (Lipinski definition) is 2. The molecule has 1 aliphatic carbocycles. The smallest absolute Gasteiger partial charge is 0.492 e. The predicted molar refractivity (Wildman–Crippen MR) is 147 cm³/mol. The van der Waals surface area contributed by atoms with Crippen LogP contribution in [0.15, 0.2) is 35.3 Å². The second kappa shape index (κ2) is 11.1. The van der Waals surface area contributed by atoms with Gasteiger partial charge in [0.1, 0.15) is 17.0 Å². The number of carbonyl (C=O) groups excluding carboxylic acids is 1. The molecule has 1 saturated heterocycles. The van der Waals surface area contributed by atoms with Crippen LogP contribution in [0.1, 0.15) is 48.7 Å². The highest BCUT2D eigenvalue weighted by Gasteiger charge is 2.33. The number of amides is 1. The second-order valence-electron chi connectivity index (χ2n) is 10.5. The molecule has 0 bridgehead atoms. The normalized spacial score (nSPS) is 19.4. The zero-order chi connectivity index (χ0) is 29.6. The van der Waals surface area contributed by atoms with Crippen molar-refractivity contribution in [1.82, 2.24) is 15.2 Å². The van der Waals surface area contributed by atoms with Gasteiger partial charge in [-0.3, -0.25) is 9.59 Å². The lowest BCUT2D eigenvalue weighted by Gasteiger charge is -2.38. The fourth-order valence-electron chi connectivity index (χ4n) is 5.38. The molecule has 2 heterocycles. The number of ether oxygens (including phenoxy) is 2. The molecule has 0 spiro atoms. The highest BCUT2D eigenvalue weighted by molar-refractivity contribution is 6.31. The Hall–Kier alpha value is -3.51. The lowest BCUT2D eigenvalue weighted by atomic mass is 10.1. The maximum Gasteiger partial charge on any atom is 0.573 e. The van der Waals surface area contributed by atoms with Crippen molar-refractivity contribution in [1.29, 1.82) is 0 Å². The molecule has 1 amide bonds. The first-order valence-corrected chi connectivity index (χ1v) is 13.5. The first kappa shape index (κ1) is 29.0. The minimum absolute atomic E-state index is 0.00773. The Bertz CT molecular complexity index is 1550. The molecule has 0 unspecified atom stereocenters. The molecule has 5 rings (SSSR count). The van der Waals surface area contributed by atoms with Gasteiger partial charge in [-0.2, -0.15) is 0 Å². The van der Waals surface area contributed by atoms with E-state index in [0.717, 1.165) is 25.0 Å². The molecule has 1 aromatic heterocycles. The fourth-order valence-corrected chi connectivity index (χ4v) is 5.62. The average Bonchev–Trinajstić information content (AvgIpc) is 3.72. The summed E-state index contributed by atoms with van der Waals surface area (Å²) in [5.74, 6) is -1.61. The second-order valence-corrected chi connectivity index (χ2v) is 10.9. The molecule has 220 valence electrons. The Balaban J connectivity index is 1.50. The number of rotatable bonds is 7. The van der Waals surface area contributed by atoms with E-state index in [-0.39, 0.29) is 52.1 Å². The number of pyridine rings is 1. The Kier molecular flexibility index (Phi) is 7.82. The van der Waals surface area contributed by atoms with Crippen molar-refractivity contribution in [2.45, 2.75) is 57.7 Å². The van der Waals surface area contributed by atoms with E-state index in [4.69, 9.17) is 16.3 Å². The van der Waals surface area contributed by atoms with Crippen LogP contribution >= 0.6 is 11.6 Å². The number of alkyl halides is 3. The highest BCUT2D eigenvalue weighted by atomic mass is 35.5. The van der Waals surface area contributed by atoms with Crippen molar-refractivity contribution >= 4 is 34.1 Å². The van der Waals surface area contributed by atoms with E-state index in [1.807, 2.05) is 18.7 Å². The van der Waals surface area contributed by atoms with E-state index < -0.39 is 29.3 Å². The molecule has 3 aromatic rings. The quantitative estimate of drug-likeness (QED) is 0.367. The number of fused-ring (bicyclic) bond motifs is 1. The standard InChI is InChI=1S/C28H29ClF4N4O4/c1-14-11-36(12-15(2)35-14)24-22(30)9-19-23(26(24)40-3)37(17-5-6-17)13-20(25(19)38)27(39)34-10-16-4-7-18(8-21(16)29)41-28(31,32)33/h4,7-9,13-15,17,35H,5-6,10-12H2,1-3H3,(H,34,39)/t14-,15+. The van der Waals surface area contributed by atoms with Gasteiger partial charge in [0.15, 0.2) is 11.6 Å². The molecule has 8 nitrogen and oxygen atoms in total. The Morgan fingerprint density at radius 3 is 2.44 bits per heavy atom.